The topological polar surface area (TPSA) is 77.1 Å². The molecule has 0 aliphatic heterocycles. The Hall–Kier alpha value is -3.06. The second-order valence-corrected chi connectivity index (χ2v) is 6.47. The summed E-state index contributed by atoms with van der Waals surface area (Å²) in [5, 5.41) is 2.54. The summed E-state index contributed by atoms with van der Waals surface area (Å²) in [6, 6.07) is 14.2. The molecule has 0 aliphatic carbocycles. The number of carbonyl (C=O) groups excluding carboxylic acids is 2. The molecule has 2 amide bonds. The largest absolute Gasteiger partial charge is 0.453 e. The van der Waals surface area contributed by atoms with Crippen molar-refractivity contribution in [1.82, 2.24) is 0 Å². The van der Waals surface area contributed by atoms with E-state index in [0.717, 1.165) is 24.1 Å². The molecule has 7 heteroatoms. The molecule has 29 heavy (non-hydrogen) atoms. The maximum Gasteiger partial charge on any atom is 0.419 e. The number of ether oxygens (including phenoxy) is 3. The van der Waals surface area contributed by atoms with Gasteiger partial charge in [0.15, 0.2) is 0 Å². The number of benzene rings is 2. The van der Waals surface area contributed by atoms with Crippen molar-refractivity contribution in [3.05, 3.63) is 54.1 Å². The summed E-state index contributed by atoms with van der Waals surface area (Å²) in [4.78, 5) is 25.8. The summed E-state index contributed by atoms with van der Waals surface area (Å²) in [5.41, 5.74) is 2.24. The minimum Gasteiger partial charge on any atom is -0.453 e. The van der Waals surface area contributed by atoms with Crippen LogP contribution in [-0.2, 0) is 9.47 Å². The minimum absolute atomic E-state index is 0.313. The van der Waals surface area contributed by atoms with Crippen LogP contribution >= 0.6 is 0 Å². The number of methoxy groups -OCH3 is 1. The second kappa shape index (κ2) is 11.7. The lowest BCUT2D eigenvalue weighted by Gasteiger charge is -2.22. The maximum absolute atomic E-state index is 12.9. The molecule has 2 aromatic carbocycles. The maximum atomic E-state index is 12.9. The lowest BCUT2D eigenvalue weighted by molar-refractivity contribution is 0.135. The first-order valence-electron chi connectivity index (χ1n) is 9.62. The van der Waals surface area contributed by atoms with Crippen LogP contribution in [0.3, 0.4) is 0 Å². The highest BCUT2D eigenvalue weighted by Gasteiger charge is 2.18. The predicted molar refractivity (Wildman–Crippen MR) is 113 cm³/mol. The molecule has 0 unspecified atom stereocenters. The number of nitrogens with one attached hydrogen (secondary N) is 1. The molecule has 0 aliphatic rings. The summed E-state index contributed by atoms with van der Waals surface area (Å²) in [7, 11) is 1.28. The van der Waals surface area contributed by atoms with Crippen molar-refractivity contribution in [2.24, 2.45) is 0 Å². The van der Waals surface area contributed by atoms with Gasteiger partial charge in [-0.1, -0.05) is 31.5 Å². The molecule has 0 atom stereocenters. The summed E-state index contributed by atoms with van der Waals surface area (Å²) in [6.45, 7) is 5.50. The van der Waals surface area contributed by atoms with E-state index in [1.165, 1.54) is 7.11 Å². The molecule has 2 rings (SSSR count). The highest BCUT2D eigenvalue weighted by molar-refractivity contribution is 5.90. The van der Waals surface area contributed by atoms with E-state index in [2.05, 4.69) is 17.0 Å². The van der Waals surface area contributed by atoms with E-state index in [1.54, 1.807) is 29.2 Å². The third kappa shape index (κ3) is 7.46. The Morgan fingerprint density at radius 3 is 2.59 bits per heavy atom. The van der Waals surface area contributed by atoms with Crippen LogP contribution in [0.2, 0.25) is 0 Å². The molecule has 0 saturated carbocycles. The lowest BCUT2D eigenvalue weighted by Crippen LogP contribution is -2.36. The number of hydrogen-bond acceptors (Lipinski definition) is 5. The van der Waals surface area contributed by atoms with Gasteiger partial charge in [-0.15, -0.1) is 0 Å². The number of amides is 2. The highest BCUT2D eigenvalue weighted by Crippen LogP contribution is 2.21. The van der Waals surface area contributed by atoms with Crippen molar-refractivity contribution in [1.29, 1.82) is 0 Å². The van der Waals surface area contributed by atoms with E-state index >= 15 is 0 Å². The average molecular weight is 400 g/mol. The number of aryl methyl sites for hydroxylation is 1. The van der Waals surface area contributed by atoms with E-state index in [4.69, 9.17) is 9.47 Å². The molecule has 0 spiro atoms. The number of rotatable bonds is 9. The van der Waals surface area contributed by atoms with Crippen molar-refractivity contribution in [2.75, 3.05) is 37.1 Å². The fraction of sp³-hybridized carbons (Fsp3) is 0.364. The Morgan fingerprint density at radius 1 is 1.07 bits per heavy atom. The molecule has 156 valence electrons. The van der Waals surface area contributed by atoms with Gasteiger partial charge in [-0.25, -0.2) is 9.59 Å². The third-order valence-electron chi connectivity index (χ3n) is 4.11. The summed E-state index contributed by atoms with van der Waals surface area (Å²) >= 11 is 0. The van der Waals surface area contributed by atoms with Crippen molar-refractivity contribution in [2.45, 2.75) is 26.7 Å². The van der Waals surface area contributed by atoms with Gasteiger partial charge < -0.3 is 14.2 Å². The SMILES string of the molecule is CCCCOCCN(C(=O)Oc1cccc(NC(=O)OC)c1)c1cccc(C)c1. The van der Waals surface area contributed by atoms with Crippen LogP contribution in [0.15, 0.2) is 48.5 Å². The molecule has 0 heterocycles. The molecule has 2 aromatic rings. The van der Waals surface area contributed by atoms with E-state index in [0.29, 0.717) is 31.2 Å². The van der Waals surface area contributed by atoms with Crippen LogP contribution < -0.4 is 15.0 Å². The van der Waals surface area contributed by atoms with E-state index in [1.807, 2.05) is 31.2 Å². The van der Waals surface area contributed by atoms with Gasteiger partial charge in [0, 0.05) is 24.0 Å². The Balaban J connectivity index is 2.10. The molecule has 7 nitrogen and oxygen atoms in total. The second-order valence-electron chi connectivity index (χ2n) is 6.47. The molecule has 0 saturated heterocycles. The van der Waals surface area contributed by atoms with Crippen molar-refractivity contribution in [3.63, 3.8) is 0 Å². The first kappa shape index (κ1) is 22.2. The Morgan fingerprint density at radius 2 is 1.86 bits per heavy atom. The number of nitrogens with zero attached hydrogens (tertiary/aromatic N) is 1. The lowest BCUT2D eigenvalue weighted by atomic mass is 10.2. The predicted octanol–water partition coefficient (Wildman–Crippen LogP) is 5.00. The Labute approximate surface area is 171 Å². The van der Waals surface area contributed by atoms with Gasteiger partial charge in [-0.05, 0) is 43.2 Å². The van der Waals surface area contributed by atoms with Gasteiger partial charge in [-0.3, -0.25) is 10.2 Å². The van der Waals surface area contributed by atoms with Crippen LogP contribution in [0.4, 0.5) is 21.0 Å². The first-order valence-corrected chi connectivity index (χ1v) is 9.62. The van der Waals surface area contributed by atoms with Crippen LogP contribution in [0, 0.1) is 6.92 Å². The number of carbonyl (C=O) groups is 2. The Kier molecular flexibility index (Phi) is 8.98. The summed E-state index contributed by atoms with van der Waals surface area (Å²) < 4.78 is 15.7. The minimum atomic E-state index is -0.598. The number of hydrogen-bond donors (Lipinski definition) is 1. The van der Waals surface area contributed by atoms with Gasteiger partial charge in [0.05, 0.1) is 20.3 Å². The van der Waals surface area contributed by atoms with E-state index in [-0.39, 0.29) is 0 Å². The molecule has 0 radical (unpaired) electrons. The van der Waals surface area contributed by atoms with Gasteiger partial charge in [0.1, 0.15) is 5.75 Å². The quantitative estimate of drug-likeness (QED) is 0.600. The average Bonchev–Trinajstić information content (AvgIpc) is 2.70. The summed E-state index contributed by atoms with van der Waals surface area (Å²) in [5.74, 6) is 0.313. The zero-order valence-electron chi connectivity index (χ0n) is 17.1. The van der Waals surface area contributed by atoms with E-state index < -0.39 is 12.2 Å². The first-order chi connectivity index (χ1) is 14.0. The highest BCUT2D eigenvalue weighted by atomic mass is 16.6. The Bertz CT molecular complexity index is 809. The fourth-order valence-corrected chi connectivity index (χ4v) is 2.59. The summed E-state index contributed by atoms with van der Waals surface area (Å²) in [6.07, 6.45) is 0.915. The van der Waals surface area contributed by atoms with Crippen LogP contribution in [-0.4, -0.2) is 39.1 Å². The van der Waals surface area contributed by atoms with Gasteiger partial charge in [0.25, 0.3) is 0 Å². The molecule has 0 bridgehead atoms. The zero-order chi connectivity index (χ0) is 21.1. The molecule has 0 fully saturated rings. The molecule has 1 N–H and O–H groups in total. The van der Waals surface area contributed by atoms with Crippen molar-refractivity contribution >= 4 is 23.6 Å². The van der Waals surface area contributed by atoms with Gasteiger partial charge >= 0.3 is 12.2 Å². The van der Waals surface area contributed by atoms with E-state index in [9.17, 15) is 9.59 Å². The normalized spacial score (nSPS) is 10.3. The van der Waals surface area contributed by atoms with Crippen LogP contribution in [0.5, 0.6) is 5.75 Å². The van der Waals surface area contributed by atoms with Crippen LogP contribution in [0.25, 0.3) is 0 Å². The van der Waals surface area contributed by atoms with Gasteiger partial charge in [0.2, 0.25) is 0 Å². The zero-order valence-corrected chi connectivity index (χ0v) is 17.1. The van der Waals surface area contributed by atoms with Crippen molar-refractivity contribution in [3.8, 4) is 5.75 Å². The molecule has 0 aromatic heterocycles. The molecular weight excluding hydrogens is 372 g/mol. The third-order valence-corrected chi connectivity index (χ3v) is 4.11. The monoisotopic (exact) mass is 400 g/mol. The standard InChI is InChI=1S/C22H28N2O5/c1-4-5-13-28-14-12-24(19-10-6-8-17(2)15-19)22(26)29-20-11-7-9-18(16-20)23-21(25)27-3/h6-11,15-16H,4-5,12-14H2,1-3H3,(H,23,25). The van der Waals surface area contributed by atoms with Gasteiger partial charge in [-0.2, -0.15) is 0 Å². The van der Waals surface area contributed by atoms with Crippen LogP contribution in [0.1, 0.15) is 25.3 Å². The number of anilines is 2. The smallest absolute Gasteiger partial charge is 0.419 e. The molecular formula is C22H28N2O5. The number of unbranched alkanes of at least 4 members (excludes halogenated alkanes) is 1. The fourth-order valence-electron chi connectivity index (χ4n) is 2.59. The van der Waals surface area contributed by atoms with Crippen molar-refractivity contribution < 1.29 is 23.8 Å².